The normalized spacial score (nSPS) is 14.9. The Balaban J connectivity index is 2.26. The largest absolute Gasteiger partial charge is 0.573 e. The van der Waals surface area contributed by atoms with Gasteiger partial charge in [0.2, 0.25) is 0 Å². The summed E-state index contributed by atoms with van der Waals surface area (Å²) in [5.74, 6) is -1.65. The number of rotatable bonds is 3. The third-order valence-corrected chi connectivity index (χ3v) is 3.11. The van der Waals surface area contributed by atoms with Crippen LogP contribution in [0, 0.1) is 5.82 Å². The fraction of sp³-hybridized carbons (Fsp3) is 0.429. The number of hydrogen-bond acceptors (Lipinski definition) is 1. The molecule has 0 amide bonds. The highest BCUT2D eigenvalue weighted by Crippen LogP contribution is 2.33. The van der Waals surface area contributed by atoms with Crippen LogP contribution in [0.4, 0.5) is 17.6 Å². The van der Waals surface area contributed by atoms with Crippen molar-refractivity contribution in [1.29, 1.82) is 0 Å². The van der Waals surface area contributed by atoms with E-state index in [4.69, 9.17) is 0 Å². The summed E-state index contributed by atoms with van der Waals surface area (Å²) in [7, 11) is 0. The van der Waals surface area contributed by atoms with Gasteiger partial charge < -0.3 is 4.74 Å². The van der Waals surface area contributed by atoms with E-state index < -0.39 is 17.9 Å². The van der Waals surface area contributed by atoms with Gasteiger partial charge in [0, 0.05) is 0 Å². The molecule has 0 atom stereocenters. The van der Waals surface area contributed by atoms with Crippen LogP contribution in [0.15, 0.2) is 23.8 Å². The Morgan fingerprint density at radius 3 is 2.63 bits per heavy atom. The van der Waals surface area contributed by atoms with Crippen molar-refractivity contribution < 1.29 is 22.3 Å². The highest BCUT2D eigenvalue weighted by molar-refractivity contribution is 5.43. The Hall–Kier alpha value is -1.52. The quantitative estimate of drug-likeness (QED) is 0.580. The summed E-state index contributed by atoms with van der Waals surface area (Å²) in [6.45, 7) is 2.05. The van der Waals surface area contributed by atoms with E-state index in [2.05, 4.69) is 11.7 Å². The summed E-state index contributed by atoms with van der Waals surface area (Å²) in [5.41, 5.74) is 2.26. The lowest BCUT2D eigenvalue weighted by Gasteiger charge is -2.19. The zero-order chi connectivity index (χ0) is 14.0. The summed E-state index contributed by atoms with van der Waals surface area (Å²) in [5, 5.41) is 0. The molecule has 1 aliphatic carbocycles. The maximum absolute atomic E-state index is 13.9. The Morgan fingerprint density at radius 1 is 1.26 bits per heavy atom. The molecular formula is C14H14F4O. The Morgan fingerprint density at radius 2 is 2.00 bits per heavy atom. The van der Waals surface area contributed by atoms with Gasteiger partial charge >= 0.3 is 6.36 Å². The first-order chi connectivity index (χ1) is 8.90. The van der Waals surface area contributed by atoms with E-state index in [9.17, 15) is 17.6 Å². The molecule has 1 aliphatic rings. The molecule has 2 rings (SSSR count). The second kappa shape index (κ2) is 5.23. The lowest BCUT2D eigenvalue weighted by Crippen LogP contribution is -2.19. The Kier molecular flexibility index (Phi) is 3.83. The van der Waals surface area contributed by atoms with Crippen LogP contribution >= 0.6 is 0 Å². The lowest BCUT2D eigenvalue weighted by atomic mass is 9.89. The number of benzene rings is 1. The first-order valence-electron chi connectivity index (χ1n) is 6.14. The van der Waals surface area contributed by atoms with Crippen molar-refractivity contribution in [2.75, 3.05) is 0 Å². The average Bonchev–Trinajstić information content (AvgIpc) is 2.32. The number of halogens is 4. The highest BCUT2D eigenvalue weighted by Gasteiger charge is 2.33. The second-order valence-corrected chi connectivity index (χ2v) is 4.56. The molecule has 0 spiro atoms. The van der Waals surface area contributed by atoms with E-state index in [1.807, 2.05) is 6.08 Å². The zero-order valence-electron chi connectivity index (χ0n) is 10.5. The van der Waals surface area contributed by atoms with Crippen molar-refractivity contribution in [2.45, 2.75) is 39.0 Å². The Bertz CT molecular complexity index is 503. The van der Waals surface area contributed by atoms with Crippen molar-refractivity contribution in [2.24, 2.45) is 0 Å². The molecule has 0 heterocycles. The fourth-order valence-electron chi connectivity index (χ4n) is 2.30. The SMILES string of the molecule is CCCC1=CCc2c(ccc(OC(F)(F)F)c2F)C1. The maximum Gasteiger partial charge on any atom is 0.573 e. The van der Waals surface area contributed by atoms with Gasteiger partial charge in [-0.2, -0.15) is 0 Å². The van der Waals surface area contributed by atoms with Crippen molar-refractivity contribution in [3.05, 3.63) is 40.7 Å². The second-order valence-electron chi connectivity index (χ2n) is 4.56. The van der Waals surface area contributed by atoms with Crippen LogP contribution in [0.5, 0.6) is 5.75 Å². The summed E-state index contributed by atoms with van der Waals surface area (Å²) in [6.07, 6.45) is -0.113. The third-order valence-electron chi connectivity index (χ3n) is 3.11. The van der Waals surface area contributed by atoms with Crippen molar-refractivity contribution in [3.8, 4) is 5.75 Å². The van der Waals surface area contributed by atoms with Crippen LogP contribution in [0.2, 0.25) is 0 Å². The topological polar surface area (TPSA) is 9.23 Å². The van der Waals surface area contributed by atoms with Gasteiger partial charge in [-0.3, -0.25) is 0 Å². The Labute approximate surface area is 108 Å². The maximum atomic E-state index is 13.9. The molecular weight excluding hydrogens is 260 g/mol. The number of hydrogen-bond donors (Lipinski definition) is 0. The van der Waals surface area contributed by atoms with E-state index in [0.29, 0.717) is 18.4 Å². The van der Waals surface area contributed by atoms with Crippen LogP contribution in [-0.4, -0.2) is 6.36 Å². The average molecular weight is 274 g/mol. The van der Waals surface area contributed by atoms with Crippen LogP contribution in [-0.2, 0) is 12.8 Å². The molecule has 1 aromatic carbocycles. The third kappa shape index (κ3) is 3.28. The molecule has 104 valence electrons. The molecule has 0 fully saturated rings. The molecule has 1 aromatic rings. The minimum absolute atomic E-state index is 0.307. The van der Waals surface area contributed by atoms with Gasteiger partial charge in [0.05, 0.1) is 0 Å². The van der Waals surface area contributed by atoms with Crippen LogP contribution in [0.25, 0.3) is 0 Å². The number of alkyl halides is 3. The first kappa shape index (κ1) is 13.9. The van der Waals surface area contributed by atoms with Gasteiger partial charge in [0.25, 0.3) is 0 Å². The molecule has 19 heavy (non-hydrogen) atoms. The van der Waals surface area contributed by atoms with Gasteiger partial charge in [-0.15, -0.1) is 13.2 Å². The summed E-state index contributed by atoms with van der Waals surface area (Å²) < 4.78 is 54.0. The van der Waals surface area contributed by atoms with Crippen molar-refractivity contribution in [1.82, 2.24) is 0 Å². The minimum Gasteiger partial charge on any atom is -0.403 e. The predicted molar refractivity (Wildman–Crippen MR) is 63.5 cm³/mol. The first-order valence-corrected chi connectivity index (χ1v) is 6.14. The minimum atomic E-state index is -4.87. The van der Waals surface area contributed by atoms with E-state index in [1.165, 1.54) is 11.6 Å². The van der Waals surface area contributed by atoms with Gasteiger partial charge in [0.1, 0.15) is 0 Å². The smallest absolute Gasteiger partial charge is 0.403 e. The van der Waals surface area contributed by atoms with Gasteiger partial charge in [-0.05, 0) is 36.5 Å². The molecule has 0 aromatic heterocycles. The monoisotopic (exact) mass is 274 g/mol. The molecule has 1 nitrogen and oxygen atoms in total. The van der Waals surface area contributed by atoms with Gasteiger partial charge in [-0.25, -0.2) is 4.39 Å². The molecule has 5 heteroatoms. The zero-order valence-corrected chi connectivity index (χ0v) is 10.5. The van der Waals surface area contributed by atoms with E-state index >= 15 is 0 Å². The summed E-state index contributed by atoms with van der Waals surface area (Å²) >= 11 is 0. The van der Waals surface area contributed by atoms with Crippen molar-refractivity contribution >= 4 is 0 Å². The van der Waals surface area contributed by atoms with Gasteiger partial charge in [0.15, 0.2) is 11.6 Å². The van der Waals surface area contributed by atoms with E-state index in [1.54, 1.807) is 0 Å². The highest BCUT2D eigenvalue weighted by atomic mass is 19.4. The van der Waals surface area contributed by atoms with Crippen LogP contribution < -0.4 is 4.74 Å². The van der Waals surface area contributed by atoms with Crippen LogP contribution in [0.1, 0.15) is 30.9 Å². The molecule has 0 saturated heterocycles. The van der Waals surface area contributed by atoms with Gasteiger partial charge in [-0.1, -0.05) is 31.1 Å². The molecule has 0 N–H and O–H groups in total. The lowest BCUT2D eigenvalue weighted by molar-refractivity contribution is -0.275. The van der Waals surface area contributed by atoms with Crippen molar-refractivity contribution in [3.63, 3.8) is 0 Å². The fourth-order valence-corrected chi connectivity index (χ4v) is 2.30. The van der Waals surface area contributed by atoms with E-state index in [0.717, 1.165) is 24.5 Å². The summed E-state index contributed by atoms with van der Waals surface area (Å²) in [6, 6.07) is 2.57. The van der Waals surface area contributed by atoms with Crippen LogP contribution in [0.3, 0.4) is 0 Å². The summed E-state index contributed by atoms with van der Waals surface area (Å²) in [4.78, 5) is 0. The number of fused-ring (bicyclic) bond motifs is 1. The molecule has 0 saturated carbocycles. The standard InChI is InChI=1S/C14H14F4O/c1-2-3-9-4-6-11-10(8-9)5-7-12(13(11)15)19-14(16,17)18/h4-5,7H,2-3,6,8H2,1H3. The molecule has 0 radical (unpaired) electrons. The van der Waals surface area contributed by atoms with E-state index in [-0.39, 0.29) is 0 Å². The number of allylic oxidation sites excluding steroid dienone is 2. The molecule has 0 bridgehead atoms. The molecule has 0 aliphatic heterocycles. The molecule has 0 unspecified atom stereocenters. The predicted octanol–water partition coefficient (Wildman–Crippen LogP) is 4.55. The number of ether oxygens (including phenoxy) is 1.